The summed E-state index contributed by atoms with van der Waals surface area (Å²) >= 11 is 5.84. The van der Waals surface area contributed by atoms with E-state index in [-0.39, 0.29) is 11.6 Å². The average molecular weight is 320 g/mol. The highest BCUT2D eigenvalue weighted by Crippen LogP contribution is 2.20. The van der Waals surface area contributed by atoms with Gasteiger partial charge in [0.1, 0.15) is 6.04 Å². The van der Waals surface area contributed by atoms with Gasteiger partial charge in [-0.25, -0.2) is 9.48 Å². The molecule has 1 aromatic heterocycles. The van der Waals surface area contributed by atoms with E-state index in [0.717, 1.165) is 5.69 Å². The van der Waals surface area contributed by atoms with Gasteiger partial charge in [-0.2, -0.15) is 5.10 Å². The van der Waals surface area contributed by atoms with Crippen LogP contribution in [-0.2, 0) is 4.79 Å². The fourth-order valence-corrected chi connectivity index (χ4v) is 2.72. The lowest BCUT2D eigenvalue weighted by molar-refractivity contribution is -0.141. The molecule has 1 saturated heterocycles. The summed E-state index contributed by atoms with van der Waals surface area (Å²) in [6, 6.07) is 7.89. The summed E-state index contributed by atoms with van der Waals surface area (Å²) < 4.78 is 1.56. The van der Waals surface area contributed by atoms with Crippen molar-refractivity contribution >= 4 is 23.5 Å². The highest BCUT2D eigenvalue weighted by Gasteiger charge is 2.35. The summed E-state index contributed by atoms with van der Waals surface area (Å²) in [5.41, 5.74) is 1.02. The van der Waals surface area contributed by atoms with Gasteiger partial charge in [0.25, 0.3) is 5.91 Å². The van der Waals surface area contributed by atoms with Crippen LogP contribution in [0.2, 0.25) is 5.02 Å². The Bertz CT molecular complexity index is 711. The largest absolute Gasteiger partial charge is 0.480 e. The summed E-state index contributed by atoms with van der Waals surface area (Å²) in [6.07, 6.45) is 2.85. The van der Waals surface area contributed by atoms with E-state index < -0.39 is 12.0 Å². The average Bonchev–Trinajstić information content (AvgIpc) is 3.17. The van der Waals surface area contributed by atoms with Crippen molar-refractivity contribution in [3.63, 3.8) is 0 Å². The maximum absolute atomic E-state index is 12.4. The Labute approximate surface area is 131 Å². The number of hydrogen-bond donors (Lipinski definition) is 1. The number of carbonyl (C=O) groups excluding carboxylic acids is 1. The maximum Gasteiger partial charge on any atom is 0.326 e. The Morgan fingerprint density at radius 3 is 2.64 bits per heavy atom. The van der Waals surface area contributed by atoms with Gasteiger partial charge in [0.15, 0.2) is 5.69 Å². The lowest BCUT2D eigenvalue weighted by Gasteiger charge is -2.20. The molecule has 0 bridgehead atoms. The number of likely N-dealkylation sites (tertiary alicyclic amines) is 1. The van der Waals surface area contributed by atoms with Gasteiger partial charge in [0, 0.05) is 17.8 Å². The van der Waals surface area contributed by atoms with Gasteiger partial charge in [-0.15, -0.1) is 0 Å². The highest BCUT2D eigenvalue weighted by molar-refractivity contribution is 6.30. The molecule has 3 rings (SSSR count). The summed E-state index contributed by atoms with van der Waals surface area (Å²) in [5.74, 6) is -1.32. The number of halogens is 1. The predicted octanol–water partition coefficient (Wildman–Crippen LogP) is 2.21. The van der Waals surface area contributed by atoms with Gasteiger partial charge < -0.3 is 10.0 Å². The molecule has 0 spiro atoms. The standard InChI is InChI=1S/C15H14ClN3O3/c16-10-3-5-11(6-4-10)19-9-7-12(17-19)14(20)18-8-1-2-13(18)15(21)22/h3-7,9,13H,1-2,8H2,(H,21,22). The molecule has 6 nitrogen and oxygen atoms in total. The van der Waals surface area contributed by atoms with Crippen LogP contribution in [0, 0.1) is 0 Å². The fraction of sp³-hybridized carbons (Fsp3) is 0.267. The number of hydrogen-bond acceptors (Lipinski definition) is 3. The summed E-state index contributed by atoms with van der Waals surface area (Å²) in [6.45, 7) is 0.448. The second-order valence-corrected chi connectivity index (χ2v) is 5.55. The number of amides is 1. The molecule has 114 valence electrons. The number of aliphatic carboxylic acids is 1. The summed E-state index contributed by atoms with van der Waals surface area (Å²) in [5, 5.41) is 14.0. The third kappa shape index (κ3) is 2.69. The lowest BCUT2D eigenvalue weighted by Crippen LogP contribution is -2.40. The molecule has 22 heavy (non-hydrogen) atoms. The summed E-state index contributed by atoms with van der Waals surface area (Å²) in [4.78, 5) is 25.0. The molecule has 7 heteroatoms. The van der Waals surface area contributed by atoms with E-state index >= 15 is 0 Å². The number of benzene rings is 1. The number of carboxylic acids is 1. The van der Waals surface area contributed by atoms with Crippen molar-refractivity contribution in [3.05, 3.63) is 47.2 Å². The number of aromatic nitrogens is 2. The molecule has 1 amide bonds. The first kappa shape index (κ1) is 14.6. The predicted molar refractivity (Wildman–Crippen MR) is 80.3 cm³/mol. The third-order valence-electron chi connectivity index (χ3n) is 3.70. The van der Waals surface area contributed by atoms with Crippen LogP contribution in [-0.4, -0.2) is 44.3 Å². The molecule has 1 aromatic carbocycles. The van der Waals surface area contributed by atoms with Gasteiger partial charge in [-0.05, 0) is 43.2 Å². The Balaban J connectivity index is 1.82. The molecule has 0 saturated carbocycles. The van der Waals surface area contributed by atoms with Crippen LogP contribution < -0.4 is 0 Å². The molecular weight excluding hydrogens is 306 g/mol. The zero-order chi connectivity index (χ0) is 15.7. The van der Waals surface area contributed by atoms with Crippen molar-refractivity contribution in [1.82, 2.24) is 14.7 Å². The molecule has 1 N–H and O–H groups in total. The van der Waals surface area contributed by atoms with Crippen LogP contribution in [0.4, 0.5) is 0 Å². The highest BCUT2D eigenvalue weighted by atomic mass is 35.5. The first-order valence-electron chi connectivity index (χ1n) is 6.91. The smallest absolute Gasteiger partial charge is 0.326 e. The van der Waals surface area contributed by atoms with E-state index in [0.29, 0.717) is 24.4 Å². The zero-order valence-corrected chi connectivity index (χ0v) is 12.4. The van der Waals surface area contributed by atoms with Gasteiger partial charge >= 0.3 is 5.97 Å². The SMILES string of the molecule is O=C(O)C1CCCN1C(=O)c1ccn(-c2ccc(Cl)cc2)n1. The van der Waals surface area contributed by atoms with Crippen molar-refractivity contribution in [2.24, 2.45) is 0 Å². The number of carbonyl (C=O) groups is 2. The minimum absolute atomic E-state index is 0.239. The molecule has 2 aromatic rings. The molecule has 1 atom stereocenters. The minimum Gasteiger partial charge on any atom is -0.480 e. The first-order chi connectivity index (χ1) is 10.6. The Kier molecular flexibility index (Phi) is 3.85. The molecule has 0 aliphatic carbocycles. The quantitative estimate of drug-likeness (QED) is 0.941. The molecule has 2 heterocycles. The number of nitrogens with zero attached hydrogens (tertiary/aromatic N) is 3. The van der Waals surface area contributed by atoms with Gasteiger partial charge in [-0.1, -0.05) is 11.6 Å². The van der Waals surface area contributed by atoms with Crippen LogP contribution in [0.25, 0.3) is 5.69 Å². The number of rotatable bonds is 3. The monoisotopic (exact) mass is 319 g/mol. The first-order valence-corrected chi connectivity index (χ1v) is 7.29. The maximum atomic E-state index is 12.4. The van der Waals surface area contributed by atoms with Gasteiger partial charge in [-0.3, -0.25) is 4.79 Å². The molecule has 1 fully saturated rings. The van der Waals surface area contributed by atoms with E-state index in [1.165, 1.54) is 4.90 Å². The van der Waals surface area contributed by atoms with Crippen molar-refractivity contribution in [2.75, 3.05) is 6.54 Å². The van der Waals surface area contributed by atoms with Crippen molar-refractivity contribution in [1.29, 1.82) is 0 Å². The van der Waals surface area contributed by atoms with Crippen LogP contribution >= 0.6 is 11.6 Å². The second kappa shape index (κ2) is 5.81. The lowest BCUT2D eigenvalue weighted by atomic mass is 10.2. The minimum atomic E-state index is -0.969. The Hall–Kier alpha value is -2.34. The molecule has 1 unspecified atom stereocenters. The summed E-state index contributed by atoms with van der Waals surface area (Å²) in [7, 11) is 0. The normalized spacial score (nSPS) is 17.7. The van der Waals surface area contributed by atoms with Crippen molar-refractivity contribution in [3.8, 4) is 5.69 Å². The second-order valence-electron chi connectivity index (χ2n) is 5.12. The zero-order valence-electron chi connectivity index (χ0n) is 11.6. The van der Waals surface area contributed by atoms with E-state index in [2.05, 4.69) is 5.10 Å². The topological polar surface area (TPSA) is 75.4 Å². The van der Waals surface area contributed by atoms with E-state index in [1.807, 2.05) is 0 Å². The van der Waals surface area contributed by atoms with Crippen LogP contribution in [0.15, 0.2) is 36.5 Å². The van der Waals surface area contributed by atoms with E-state index in [9.17, 15) is 9.59 Å². The Morgan fingerprint density at radius 1 is 1.23 bits per heavy atom. The van der Waals surface area contributed by atoms with Crippen LogP contribution in [0.1, 0.15) is 23.3 Å². The van der Waals surface area contributed by atoms with Crippen LogP contribution in [0.3, 0.4) is 0 Å². The van der Waals surface area contributed by atoms with Crippen LogP contribution in [0.5, 0.6) is 0 Å². The third-order valence-corrected chi connectivity index (χ3v) is 3.95. The molecule has 1 aliphatic heterocycles. The Morgan fingerprint density at radius 2 is 1.95 bits per heavy atom. The van der Waals surface area contributed by atoms with E-state index in [1.54, 1.807) is 41.2 Å². The molecule has 0 radical (unpaired) electrons. The van der Waals surface area contributed by atoms with Crippen molar-refractivity contribution in [2.45, 2.75) is 18.9 Å². The van der Waals surface area contributed by atoms with Crippen molar-refractivity contribution < 1.29 is 14.7 Å². The number of carboxylic acid groups (broad SMARTS) is 1. The fourth-order valence-electron chi connectivity index (χ4n) is 2.59. The van der Waals surface area contributed by atoms with Gasteiger partial charge in [0.05, 0.1) is 5.69 Å². The van der Waals surface area contributed by atoms with Gasteiger partial charge in [0.2, 0.25) is 0 Å². The molecular formula is C15H14ClN3O3. The molecule has 1 aliphatic rings. The van der Waals surface area contributed by atoms with E-state index in [4.69, 9.17) is 16.7 Å².